The van der Waals surface area contributed by atoms with Crippen LogP contribution in [0.4, 0.5) is 5.69 Å². The van der Waals surface area contributed by atoms with E-state index >= 15 is 0 Å². The number of fused-ring (bicyclic) bond motifs is 1. The van der Waals surface area contributed by atoms with Crippen molar-refractivity contribution in [3.63, 3.8) is 0 Å². The molecule has 1 aromatic carbocycles. The maximum absolute atomic E-state index is 12.3. The Kier molecular flexibility index (Phi) is 2.81. The van der Waals surface area contributed by atoms with Gasteiger partial charge in [0.2, 0.25) is 11.8 Å². The summed E-state index contributed by atoms with van der Waals surface area (Å²) in [7, 11) is 0. The normalized spacial score (nSPS) is 26.1. The minimum atomic E-state index is -0.0612. The number of carbonyl (C=O) groups is 2. The van der Waals surface area contributed by atoms with Crippen LogP contribution in [0.15, 0.2) is 18.2 Å². The van der Waals surface area contributed by atoms with E-state index in [0.717, 1.165) is 30.4 Å². The van der Waals surface area contributed by atoms with E-state index in [1.54, 1.807) is 0 Å². The van der Waals surface area contributed by atoms with Crippen molar-refractivity contribution in [3.05, 3.63) is 29.3 Å². The summed E-state index contributed by atoms with van der Waals surface area (Å²) in [5.41, 5.74) is 8.49. The number of imide groups is 1. The van der Waals surface area contributed by atoms with E-state index < -0.39 is 0 Å². The molecule has 2 aliphatic rings. The Hall–Kier alpha value is -1.84. The van der Waals surface area contributed by atoms with E-state index in [0.29, 0.717) is 12.2 Å². The SMILES string of the molecule is Cc1c(N)cccc1CN1C(=O)C2CCCC2C1=O. The Bertz CT molecular complexity index is 531. The van der Waals surface area contributed by atoms with Crippen LogP contribution in [0.5, 0.6) is 0 Å². The third-order valence-corrected chi connectivity index (χ3v) is 4.50. The molecule has 100 valence electrons. The highest BCUT2D eigenvalue weighted by Gasteiger charge is 2.49. The molecule has 1 saturated heterocycles. The highest BCUT2D eigenvalue weighted by atomic mass is 16.2. The van der Waals surface area contributed by atoms with Gasteiger partial charge in [0.05, 0.1) is 18.4 Å². The summed E-state index contributed by atoms with van der Waals surface area (Å²) in [6, 6.07) is 5.63. The first-order valence-corrected chi connectivity index (χ1v) is 6.79. The third-order valence-electron chi connectivity index (χ3n) is 4.50. The maximum atomic E-state index is 12.3. The Morgan fingerprint density at radius 2 is 1.84 bits per heavy atom. The fourth-order valence-electron chi connectivity index (χ4n) is 3.26. The molecule has 0 radical (unpaired) electrons. The zero-order valence-electron chi connectivity index (χ0n) is 11.1. The number of nitrogens with zero attached hydrogens (tertiary/aromatic N) is 1. The monoisotopic (exact) mass is 258 g/mol. The van der Waals surface area contributed by atoms with Gasteiger partial charge in [-0.15, -0.1) is 0 Å². The minimum Gasteiger partial charge on any atom is -0.399 e. The third kappa shape index (κ3) is 1.82. The molecule has 0 aromatic heterocycles. The molecule has 4 heteroatoms. The van der Waals surface area contributed by atoms with Crippen molar-refractivity contribution in [1.82, 2.24) is 4.90 Å². The van der Waals surface area contributed by atoms with E-state index in [9.17, 15) is 9.59 Å². The van der Waals surface area contributed by atoms with E-state index in [-0.39, 0.29) is 23.7 Å². The Labute approximate surface area is 112 Å². The van der Waals surface area contributed by atoms with Crippen molar-refractivity contribution in [1.29, 1.82) is 0 Å². The summed E-state index contributed by atoms with van der Waals surface area (Å²) < 4.78 is 0. The number of nitrogens with two attached hydrogens (primary N) is 1. The Morgan fingerprint density at radius 3 is 2.47 bits per heavy atom. The van der Waals surface area contributed by atoms with E-state index in [4.69, 9.17) is 5.73 Å². The van der Waals surface area contributed by atoms with Crippen LogP contribution < -0.4 is 5.73 Å². The van der Waals surface area contributed by atoms with Gasteiger partial charge >= 0.3 is 0 Å². The lowest BCUT2D eigenvalue weighted by Crippen LogP contribution is -2.31. The number of hydrogen-bond acceptors (Lipinski definition) is 3. The molecule has 0 spiro atoms. The topological polar surface area (TPSA) is 63.4 Å². The van der Waals surface area contributed by atoms with E-state index in [1.165, 1.54) is 4.90 Å². The van der Waals surface area contributed by atoms with Crippen molar-refractivity contribution >= 4 is 17.5 Å². The van der Waals surface area contributed by atoms with Crippen LogP contribution in [-0.2, 0) is 16.1 Å². The average Bonchev–Trinajstić information content (AvgIpc) is 2.95. The largest absolute Gasteiger partial charge is 0.399 e. The van der Waals surface area contributed by atoms with Crippen LogP contribution in [0.25, 0.3) is 0 Å². The van der Waals surface area contributed by atoms with Gasteiger partial charge in [-0.1, -0.05) is 18.6 Å². The molecule has 4 nitrogen and oxygen atoms in total. The average molecular weight is 258 g/mol. The summed E-state index contributed by atoms with van der Waals surface area (Å²) >= 11 is 0. The van der Waals surface area contributed by atoms with Crippen molar-refractivity contribution < 1.29 is 9.59 Å². The van der Waals surface area contributed by atoms with Gasteiger partial charge in [0.1, 0.15) is 0 Å². The number of nitrogen functional groups attached to an aromatic ring is 1. The van der Waals surface area contributed by atoms with Crippen molar-refractivity contribution in [2.75, 3.05) is 5.73 Å². The predicted octanol–water partition coefficient (Wildman–Crippen LogP) is 1.86. The van der Waals surface area contributed by atoms with Crippen LogP contribution in [0, 0.1) is 18.8 Å². The summed E-state index contributed by atoms with van der Waals surface area (Å²) in [6.07, 6.45) is 2.72. The van der Waals surface area contributed by atoms with Crippen molar-refractivity contribution in [3.8, 4) is 0 Å². The number of likely N-dealkylation sites (tertiary alicyclic amines) is 1. The van der Waals surface area contributed by atoms with Crippen LogP contribution in [0.3, 0.4) is 0 Å². The molecule has 2 N–H and O–H groups in total. The fourth-order valence-corrected chi connectivity index (χ4v) is 3.26. The van der Waals surface area contributed by atoms with Gasteiger partial charge in [-0.05, 0) is 37.0 Å². The smallest absolute Gasteiger partial charge is 0.233 e. The molecule has 2 atom stereocenters. The fraction of sp³-hybridized carbons (Fsp3) is 0.467. The molecule has 1 aromatic rings. The Morgan fingerprint density at radius 1 is 1.21 bits per heavy atom. The molecule has 2 fully saturated rings. The van der Waals surface area contributed by atoms with Gasteiger partial charge in [-0.25, -0.2) is 0 Å². The molecule has 1 heterocycles. The summed E-state index contributed by atoms with van der Waals surface area (Å²) in [5.74, 6) is -0.105. The minimum absolute atomic E-state index is 0.00863. The molecule has 3 rings (SSSR count). The first-order chi connectivity index (χ1) is 9.09. The summed E-state index contributed by atoms with van der Waals surface area (Å²) in [4.78, 5) is 26.0. The number of carbonyl (C=O) groups excluding carboxylic acids is 2. The van der Waals surface area contributed by atoms with Gasteiger partial charge in [0, 0.05) is 5.69 Å². The summed E-state index contributed by atoms with van der Waals surface area (Å²) in [6.45, 7) is 2.29. The molecule has 2 unspecified atom stereocenters. The van der Waals surface area contributed by atoms with Gasteiger partial charge in [-0.2, -0.15) is 0 Å². The van der Waals surface area contributed by atoms with Gasteiger partial charge < -0.3 is 5.73 Å². The number of benzene rings is 1. The first kappa shape index (κ1) is 12.2. The summed E-state index contributed by atoms with van der Waals surface area (Å²) in [5, 5.41) is 0. The molecular weight excluding hydrogens is 240 g/mol. The number of anilines is 1. The molecule has 1 saturated carbocycles. The zero-order chi connectivity index (χ0) is 13.6. The quantitative estimate of drug-likeness (QED) is 0.650. The standard InChI is InChI=1S/C15H18N2O2/c1-9-10(4-2-7-13(9)16)8-17-14(18)11-5-3-6-12(11)15(17)19/h2,4,7,11-12H,3,5-6,8,16H2,1H3. The van der Waals surface area contributed by atoms with Crippen molar-refractivity contribution in [2.45, 2.75) is 32.7 Å². The first-order valence-electron chi connectivity index (χ1n) is 6.79. The van der Waals surface area contributed by atoms with Crippen LogP contribution in [-0.4, -0.2) is 16.7 Å². The molecule has 1 aliphatic heterocycles. The zero-order valence-corrected chi connectivity index (χ0v) is 11.1. The lowest BCUT2D eigenvalue weighted by molar-refractivity contribution is -0.141. The van der Waals surface area contributed by atoms with E-state index in [1.807, 2.05) is 25.1 Å². The highest BCUT2D eigenvalue weighted by Crippen LogP contribution is 2.40. The van der Waals surface area contributed by atoms with Crippen LogP contribution in [0.2, 0.25) is 0 Å². The van der Waals surface area contributed by atoms with E-state index in [2.05, 4.69) is 0 Å². The second kappa shape index (κ2) is 4.37. The Balaban J connectivity index is 1.86. The number of rotatable bonds is 2. The van der Waals surface area contributed by atoms with Crippen LogP contribution in [0.1, 0.15) is 30.4 Å². The second-order valence-corrected chi connectivity index (χ2v) is 5.54. The molecule has 1 aliphatic carbocycles. The van der Waals surface area contributed by atoms with Crippen LogP contribution >= 0.6 is 0 Å². The second-order valence-electron chi connectivity index (χ2n) is 5.54. The van der Waals surface area contributed by atoms with Crippen molar-refractivity contribution in [2.24, 2.45) is 11.8 Å². The molecule has 0 bridgehead atoms. The molecule has 2 amide bonds. The lowest BCUT2D eigenvalue weighted by atomic mass is 10.00. The van der Waals surface area contributed by atoms with Gasteiger partial charge in [-0.3, -0.25) is 14.5 Å². The maximum Gasteiger partial charge on any atom is 0.233 e. The molecule has 19 heavy (non-hydrogen) atoms. The van der Waals surface area contributed by atoms with Gasteiger partial charge in [0.15, 0.2) is 0 Å². The predicted molar refractivity (Wildman–Crippen MR) is 72.0 cm³/mol. The highest BCUT2D eigenvalue weighted by molar-refractivity contribution is 6.05. The molecular formula is C15H18N2O2. The lowest BCUT2D eigenvalue weighted by Gasteiger charge is -2.18. The number of hydrogen-bond donors (Lipinski definition) is 1. The van der Waals surface area contributed by atoms with Gasteiger partial charge in [0.25, 0.3) is 0 Å². The number of amides is 2.